The van der Waals surface area contributed by atoms with Crippen LogP contribution in [0.4, 0.5) is 0 Å². The van der Waals surface area contributed by atoms with E-state index < -0.39 is 11.6 Å². The summed E-state index contributed by atoms with van der Waals surface area (Å²) in [5.74, 6) is -0.127. The van der Waals surface area contributed by atoms with Gasteiger partial charge in [0.15, 0.2) is 0 Å². The quantitative estimate of drug-likeness (QED) is 0.433. The lowest BCUT2D eigenvalue weighted by Gasteiger charge is -2.39. The first-order valence-corrected chi connectivity index (χ1v) is 10.5. The van der Waals surface area contributed by atoms with Crippen LogP contribution < -0.4 is 10.4 Å². The number of carbonyl (C=O) groups excluding carboxylic acids is 2. The average molecular weight is 411 g/mol. The maximum absolute atomic E-state index is 13.2. The van der Waals surface area contributed by atoms with E-state index in [1.165, 1.54) is 13.0 Å². The van der Waals surface area contributed by atoms with E-state index in [0.29, 0.717) is 16.9 Å². The molecule has 6 heteroatoms. The molecule has 160 valence electrons. The highest BCUT2D eigenvalue weighted by molar-refractivity contribution is 5.86. The molecule has 0 N–H and O–H groups in total. The number of likely N-dealkylation sites (tertiary alicyclic amines) is 1. The normalized spacial score (nSPS) is 24.8. The highest BCUT2D eigenvalue weighted by Gasteiger charge is 2.50. The second-order valence-electron chi connectivity index (χ2n) is 10.2. The van der Waals surface area contributed by atoms with E-state index in [1.807, 2.05) is 11.8 Å². The molecule has 0 unspecified atom stereocenters. The molecule has 2 atom stereocenters. The van der Waals surface area contributed by atoms with Gasteiger partial charge in [0.2, 0.25) is 5.91 Å². The number of hydrogen-bond acceptors (Lipinski definition) is 5. The molecular weight excluding hydrogens is 382 g/mol. The number of benzene rings is 1. The van der Waals surface area contributed by atoms with E-state index in [1.54, 1.807) is 12.1 Å². The summed E-state index contributed by atoms with van der Waals surface area (Å²) in [6, 6.07) is 5.19. The third kappa shape index (κ3) is 3.75. The Bertz CT molecular complexity index is 1100. The second kappa shape index (κ2) is 6.96. The number of amides is 1. The van der Waals surface area contributed by atoms with Gasteiger partial charge in [-0.15, -0.1) is 0 Å². The molecule has 1 aliphatic heterocycles. The Morgan fingerprint density at radius 3 is 2.67 bits per heavy atom. The lowest BCUT2D eigenvalue weighted by Crippen LogP contribution is -2.39. The summed E-state index contributed by atoms with van der Waals surface area (Å²) >= 11 is 0. The van der Waals surface area contributed by atoms with Gasteiger partial charge in [0.25, 0.3) is 0 Å². The van der Waals surface area contributed by atoms with Crippen molar-refractivity contribution in [3.63, 3.8) is 0 Å². The van der Waals surface area contributed by atoms with Crippen molar-refractivity contribution in [3.8, 4) is 5.75 Å². The van der Waals surface area contributed by atoms with Crippen molar-refractivity contribution in [3.05, 3.63) is 39.7 Å². The first-order chi connectivity index (χ1) is 14.0. The maximum Gasteiger partial charge on any atom is 0.340 e. The Kier molecular flexibility index (Phi) is 4.79. The number of rotatable bonds is 3. The molecule has 4 rings (SSSR count). The van der Waals surface area contributed by atoms with E-state index in [-0.39, 0.29) is 29.2 Å². The minimum Gasteiger partial charge on any atom is -0.427 e. The number of hydrogen-bond donors (Lipinski definition) is 0. The highest BCUT2D eigenvalue weighted by atomic mass is 16.5. The number of esters is 1. The molecule has 2 heterocycles. The lowest BCUT2D eigenvalue weighted by atomic mass is 9.65. The van der Waals surface area contributed by atoms with Gasteiger partial charge < -0.3 is 14.1 Å². The van der Waals surface area contributed by atoms with Crippen LogP contribution in [0.15, 0.2) is 27.4 Å². The molecule has 2 aromatic rings. The molecule has 1 aromatic heterocycles. The predicted molar refractivity (Wildman–Crippen MR) is 113 cm³/mol. The third-order valence-corrected chi connectivity index (χ3v) is 6.58. The first kappa shape index (κ1) is 20.6. The fourth-order valence-electron chi connectivity index (χ4n) is 5.81. The van der Waals surface area contributed by atoms with Crippen LogP contribution in [0, 0.1) is 17.8 Å². The van der Waals surface area contributed by atoms with E-state index in [0.717, 1.165) is 36.8 Å². The van der Waals surface area contributed by atoms with Crippen molar-refractivity contribution >= 4 is 22.8 Å². The van der Waals surface area contributed by atoms with Gasteiger partial charge in [-0.25, -0.2) is 4.79 Å². The number of fused-ring (bicyclic) bond motifs is 3. The summed E-state index contributed by atoms with van der Waals surface area (Å²) in [6.45, 7) is 10.7. The van der Waals surface area contributed by atoms with Gasteiger partial charge in [0.1, 0.15) is 11.3 Å². The Balaban J connectivity index is 1.62. The van der Waals surface area contributed by atoms with Crippen LogP contribution in [-0.2, 0) is 16.0 Å². The Hall–Kier alpha value is -2.63. The van der Waals surface area contributed by atoms with Crippen LogP contribution in [0.3, 0.4) is 0 Å². The lowest BCUT2D eigenvalue weighted by molar-refractivity contribution is -0.132. The molecule has 6 nitrogen and oxygen atoms in total. The zero-order chi connectivity index (χ0) is 21.8. The summed E-state index contributed by atoms with van der Waals surface area (Å²) in [6.07, 6.45) is 3.19. The fraction of sp³-hybridized carbons (Fsp3) is 0.542. The average Bonchev–Trinajstić information content (AvgIpc) is 2.86. The fourth-order valence-corrected chi connectivity index (χ4v) is 5.81. The molecule has 2 fully saturated rings. The van der Waals surface area contributed by atoms with Gasteiger partial charge in [-0.1, -0.05) is 20.8 Å². The van der Waals surface area contributed by atoms with Crippen LogP contribution in [0.25, 0.3) is 11.0 Å². The minimum atomic E-state index is -0.512. The summed E-state index contributed by atoms with van der Waals surface area (Å²) < 4.78 is 10.6. The van der Waals surface area contributed by atoms with Crippen molar-refractivity contribution in [1.29, 1.82) is 0 Å². The van der Waals surface area contributed by atoms with E-state index in [4.69, 9.17) is 9.15 Å². The molecule has 2 aliphatic rings. The summed E-state index contributed by atoms with van der Waals surface area (Å²) in [5.41, 5.74) is 1.35. The van der Waals surface area contributed by atoms with Crippen molar-refractivity contribution in [2.75, 3.05) is 6.54 Å². The predicted octanol–water partition coefficient (Wildman–Crippen LogP) is 4.00. The largest absolute Gasteiger partial charge is 0.427 e. The number of nitrogens with zero attached hydrogens (tertiary/aromatic N) is 1. The van der Waals surface area contributed by atoms with Gasteiger partial charge in [-0.05, 0) is 54.7 Å². The zero-order valence-electron chi connectivity index (χ0n) is 18.3. The standard InChI is InChI=1S/C24H29NO5/c1-14-18-7-6-17(29-15(2)26)8-20(18)30-22(28)19(14)9-21(27)25-13-24(5)11-16(25)10-23(3,4)12-24/h6-8,16H,9-13H2,1-5H3/t16-,24+/m0/s1. The summed E-state index contributed by atoms with van der Waals surface area (Å²) in [4.78, 5) is 39.1. The number of aryl methyl sites for hydroxylation is 1. The molecule has 1 saturated carbocycles. The van der Waals surface area contributed by atoms with Gasteiger partial charge in [-0.2, -0.15) is 0 Å². The van der Waals surface area contributed by atoms with Crippen LogP contribution in [-0.4, -0.2) is 29.4 Å². The molecule has 1 amide bonds. The van der Waals surface area contributed by atoms with Crippen LogP contribution in [0.2, 0.25) is 0 Å². The van der Waals surface area contributed by atoms with E-state index >= 15 is 0 Å². The molecule has 0 spiro atoms. The number of ether oxygens (including phenoxy) is 1. The van der Waals surface area contributed by atoms with E-state index in [2.05, 4.69) is 20.8 Å². The molecule has 0 radical (unpaired) electrons. The van der Waals surface area contributed by atoms with Gasteiger partial charge in [0, 0.05) is 31.0 Å². The molecule has 1 aromatic carbocycles. The molecule has 30 heavy (non-hydrogen) atoms. The van der Waals surface area contributed by atoms with Gasteiger partial charge in [-0.3, -0.25) is 9.59 Å². The maximum atomic E-state index is 13.2. The molecule has 1 saturated heterocycles. The second-order valence-corrected chi connectivity index (χ2v) is 10.2. The minimum absolute atomic E-state index is 0.00675. The Morgan fingerprint density at radius 1 is 1.23 bits per heavy atom. The van der Waals surface area contributed by atoms with Crippen LogP contribution in [0.1, 0.15) is 58.1 Å². The Labute approximate surface area is 176 Å². The van der Waals surface area contributed by atoms with Gasteiger partial charge in [0.05, 0.1) is 12.0 Å². The summed E-state index contributed by atoms with van der Waals surface area (Å²) in [5, 5.41) is 0.738. The van der Waals surface area contributed by atoms with Crippen molar-refractivity contribution in [1.82, 2.24) is 4.90 Å². The first-order valence-electron chi connectivity index (χ1n) is 10.5. The smallest absolute Gasteiger partial charge is 0.340 e. The van der Waals surface area contributed by atoms with Crippen LogP contribution >= 0.6 is 0 Å². The highest BCUT2D eigenvalue weighted by Crippen LogP contribution is 2.52. The topological polar surface area (TPSA) is 76.8 Å². The monoisotopic (exact) mass is 411 g/mol. The van der Waals surface area contributed by atoms with Gasteiger partial charge >= 0.3 is 11.6 Å². The third-order valence-electron chi connectivity index (χ3n) is 6.58. The molecule has 1 aliphatic carbocycles. The van der Waals surface area contributed by atoms with E-state index in [9.17, 15) is 14.4 Å². The Morgan fingerprint density at radius 2 is 1.97 bits per heavy atom. The summed E-state index contributed by atoms with van der Waals surface area (Å²) in [7, 11) is 0. The van der Waals surface area contributed by atoms with Crippen molar-refractivity contribution in [2.24, 2.45) is 10.8 Å². The zero-order valence-corrected chi connectivity index (χ0v) is 18.3. The number of carbonyl (C=O) groups is 2. The van der Waals surface area contributed by atoms with Crippen LogP contribution in [0.5, 0.6) is 5.75 Å². The molecular formula is C24H29NO5. The van der Waals surface area contributed by atoms with Crippen molar-refractivity contribution < 1.29 is 18.7 Å². The van der Waals surface area contributed by atoms with Crippen molar-refractivity contribution in [2.45, 2.75) is 66.3 Å². The SMILES string of the molecule is CC(=O)Oc1ccc2c(C)c(CC(=O)N3C[C@]4(C)C[C@@H]3CC(C)(C)C4)c(=O)oc2c1. The molecule has 2 bridgehead atoms.